The Hall–Kier alpha value is -0.750. The number of methoxy groups -OCH3 is 1. The Balaban J connectivity index is 2.71. The van der Waals surface area contributed by atoms with Gasteiger partial charge in [-0.15, -0.1) is 0 Å². The lowest BCUT2D eigenvalue weighted by Crippen LogP contribution is -2.18. The standard InChI is InChI=1S/C11H18N2O2S2/c1-4-5-6-8(9(14)15-3)16-10-7(2)13-11(12)17-10/h8H,4-6H2,1-3H3,(H2,12,13). The molecule has 0 spiro atoms. The average molecular weight is 274 g/mol. The number of nitrogen functional groups attached to an aromatic ring is 1. The van der Waals surface area contributed by atoms with Gasteiger partial charge in [-0.1, -0.05) is 42.9 Å². The molecule has 0 fully saturated rings. The van der Waals surface area contributed by atoms with Gasteiger partial charge in [-0.25, -0.2) is 4.98 Å². The second kappa shape index (κ2) is 6.86. The van der Waals surface area contributed by atoms with Crippen molar-refractivity contribution in [3.8, 4) is 0 Å². The predicted octanol–water partition coefficient (Wildman–Crippen LogP) is 2.86. The molecule has 96 valence electrons. The first kappa shape index (κ1) is 14.3. The van der Waals surface area contributed by atoms with Crippen LogP contribution >= 0.6 is 23.1 Å². The van der Waals surface area contributed by atoms with E-state index in [0.29, 0.717) is 5.13 Å². The monoisotopic (exact) mass is 274 g/mol. The molecule has 0 saturated carbocycles. The van der Waals surface area contributed by atoms with Gasteiger partial charge in [-0.05, 0) is 13.3 Å². The van der Waals surface area contributed by atoms with Crippen LogP contribution in [0.4, 0.5) is 5.13 Å². The molecule has 0 radical (unpaired) electrons. The number of carbonyl (C=O) groups is 1. The van der Waals surface area contributed by atoms with Gasteiger partial charge in [0.1, 0.15) is 5.25 Å². The minimum atomic E-state index is -0.171. The molecule has 0 aromatic carbocycles. The highest BCUT2D eigenvalue weighted by atomic mass is 32.2. The van der Waals surface area contributed by atoms with Crippen LogP contribution in [0.5, 0.6) is 0 Å². The van der Waals surface area contributed by atoms with E-state index in [2.05, 4.69) is 11.9 Å². The summed E-state index contributed by atoms with van der Waals surface area (Å²) in [6.07, 6.45) is 2.91. The number of esters is 1. The molecule has 1 heterocycles. The molecule has 4 nitrogen and oxygen atoms in total. The van der Waals surface area contributed by atoms with Crippen LogP contribution in [-0.4, -0.2) is 23.3 Å². The van der Waals surface area contributed by atoms with E-state index in [-0.39, 0.29) is 11.2 Å². The first-order valence-electron chi connectivity index (χ1n) is 5.55. The number of hydrogen-bond donors (Lipinski definition) is 1. The van der Waals surface area contributed by atoms with E-state index in [1.807, 2.05) is 6.92 Å². The molecule has 0 amide bonds. The highest BCUT2D eigenvalue weighted by Crippen LogP contribution is 2.35. The van der Waals surface area contributed by atoms with E-state index in [4.69, 9.17) is 10.5 Å². The summed E-state index contributed by atoms with van der Waals surface area (Å²) in [5, 5.41) is 0.391. The molecule has 1 atom stereocenters. The molecular weight excluding hydrogens is 256 g/mol. The Morgan fingerprint density at radius 2 is 2.35 bits per heavy atom. The highest BCUT2D eigenvalue weighted by Gasteiger charge is 2.22. The Kier molecular flexibility index (Phi) is 5.77. The van der Waals surface area contributed by atoms with Crippen molar-refractivity contribution >= 4 is 34.2 Å². The smallest absolute Gasteiger partial charge is 0.319 e. The molecule has 0 aliphatic carbocycles. The van der Waals surface area contributed by atoms with Gasteiger partial charge in [0.15, 0.2) is 5.13 Å². The van der Waals surface area contributed by atoms with Crippen LogP contribution in [0.3, 0.4) is 0 Å². The number of unbranched alkanes of at least 4 members (excludes halogenated alkanes) is 1. The molecule has 0 saturated heterocycles. The minimum Gasteiger partial charge on any atom is -0.468 e. The van der Waals surface area contributed by atoms with Gasteiger partial charge in [-0.2, -0.15) is 0 Å². The molecule has 0 aliphatic rings. The number of aromatic nitrogens is 1. The van der Waals surface area contributed by atoms with Gasteiger partial charge in [0.2, 0.25) is 0 Å². The molecule has 0 aliphatic heterocycles. The number of nitrogens with zero attached hydrogens (tertiary/aromatic N) is 1. The number of anilines is 1. The second-order valence-electron chi connectivity index (χ2n) is 3.70. The summed E-state index contributed by atoms with van der Waals surface area (Å²) in [7, 11) is 1.43. The molecule has 1 aromatic heterocycles. The topological polar surface area (TPSA) is 65.2 Å². The van der Waals surface area contributed by atoms with Crippen molar-refractivity contribution in [3.05, 3.63) is 5.69 Å². The molecule has 2 N–H and O–H groups in total. The molecule has 1 aromatic rings. The summed E-state index contributed by atoms with van der Waals surface area (Å²) in [5.41, 5.74) is 6.53. The Labute approximate surface area is 110 Å². The first-order valence-corrected chi connectivity index (χ1v) is 7.25. The van der Waals surface area contributed by atoms with Crippen LogP contribution in [0.15, 0.2) is 4.21 Å². The molecule has 1 unspecified atom stereocenters. The van der Waals surface area contributed by atoms with E-state index in [1.165, 1.54) is 30.2 Å². The lowest BCUT2D eigenvalue weighted by molar-refractivity contribution is -0.140. The summed E-state index contributed by atoms with van der Waals surface area (Å²) in [4.78, 5) is 15.8. The van der Waals surface area contributed by atoms with E-state index in [9.17, 15) is 4.79 Å². The first-order chi connectivity index (χ1) is 8.08. The maximum atomic E-state index is 11.7. The maximum absolute atomic E-state index is 11.7. The zero-order chi connectivity index (χ0) is 12.8. The van der Waals surface area contributed by atoms with Crippen molar-refractivity contribution < 1.29 is 9.53 Å². The van der Waals surface area contributed by atoms with Crippen molar-refractivity contribution in [3.63, 3.8) is 0 Å². The lowest BCUT2D eigenvalue weighted by Gasteiger charge is -2.12. The highest BCUT2D eigenvalue weighted by molar-refractivity contribution is 8.02. The van der Waals surface area contributed by atoms with Crippen molar-refractivity contribution in [1.82, 2.24) is 4.98 Å². The summed E-state index contributed by atoms with van der Waals surface area (Å²) in [5.74, 6) is -0.171. The summed E-state index contributed by atoms with van der Waals surface area (Å²) in [6.45, 7) is 4.01. The number of rotatable bonds is 6. The van der Waals surface area contributed by atoms with Crippen LogP contribution < -0.4 is 5.73 Å². The molecule has 6 heteroatoms. The fourth-order valence-electron chi connectivity index (χ4n) is 1.39. The molecular formula is C11H18N2O2S2. The minimum absolute atomic E-state index is 0.154. The zero-order valence-corrected chi connectivity index (χ0v) is 12.0. The number of ether oxygens (including phenoxy) is 1. The Morgan fingerprint density at radius 3 is 2.82 bits per heavy atom. The molecule has 1 rings (SSSR count). The number of thiazole rings is 1. The van der Waals surface area contributed by atoms with Gasteiger partial charge in [0, 0.05) is 0 Å². The second-order valence-corrected chi connectivity index (χ2v) is 6.20. The van der Waals surface area contributed by atoms with Crippen LogP contribution in [0.1, 0.15) is 31.9 Å². The van der Waals surface area contributed by atoms with Crippen LogP contribution in [0.25, 0.3) is 0 Å². The predicted molar refractivity (Wildman–Crippen MR) is 72.4 cm³/mol. The maximum Gasteiger partial charge on any atom is 0.319 e. The van der Waals surface area contributed by atoms with E-state index >= 15 is 0 Å². The SMILES string of the molecule is CCCCC(Sc1sc(N)nc1C)C(=O)OC. The van der Waals surface area contributed by atoms with Gasteiger partial charge in [0.05, 0.1) is 17.0 Å². The van der Waals surface area contributed by atoms with Crippen molar-refractivity contribution in [2.24, 2.45) is 0 Å². The third-order valence-electron chi connectivity index (χ3n) is 2.30. The summed E-state index contributed by atoms with van der Waals surface area (Å²) in [6, 6.07) is 0. The van der Waals surface area contributed by atoms with Crippen molar-refractivity contribution in [2.75, 3.05) is 12.8 Å². The van der Waals surface area contributed by atoms with E-state index in [1.54, 1.807) is 0 Å². The Morgan fingerprint density at radius 1 is 1.65 bits per heavy atom. The van der Waals surface area contributed by atoms with Gasteiger partial charge < -0.3 is 10.5 Å². The Bertz CT molecular complexity index is 380. The number of carbonyl (C=O) groups excluding carboxylic acids is 1. The molecule has 17 heavy (non-hydrogen) atoms. The third kappa shape index (κ3) is 4.20. The van der Waals surface area contributed by atoms with Crippen LogP contribution in [-0.2, 0) is 9.53 Å². The largest absolute Gasteiger partial charge is 0.468 e. The number of nitrogens with two attached hydrogens (primary N) is 1. The normalized spacial score (nSPS) is 12.4. The fourth-order valence-corrected chi connectivity index (χ4v) is 3.70. The van der Waals surface area contributed by atoms with E-state index in [0.717, 1.165) is 29.2 Å². The van der Waals surface area contributed by atoms with Gasteiger partial charge in [0.25, 0.3) is 0 Å². The van der Waals surface area contributed by atoms with Gasteiger partial charge >= 0.3 is 5.97 Å². The number of aryl methyl sites for hydroxylation is 1. The fraction of sp³-hybridized carbons (Fsp3) is 0.636. The van der Waals surface area contributed by atoms with E-state index < -0.39 is 0 Å². The quantitative estimate of drug-likeness (QED) is 0.638. The summed E-state index contributed by atoms with van der Waals surface area (Å²) < 4.78 is 5.83. The van der Waals surface area contributed by atoms with Gasteiger partial charge in [-0.3, -0.25) is 4.79 Å². The average Bonchev–Trinajstić information content (AvgIpc) is 2.62. The number of hydrogen-bond acceptors (Lipinski definition) is 6. The number of thioether (sulfide) groups is 1. The zero-order valence-electron chi connectivity index (χ0n) is 10.4. The van der Waals surface area contributed by atoms with Crippen LogP contribution in [0.2, 0.25) is 0 Å². The van der Waals surface area contributed by atoms with Crippen molar-refractivity contribution in [2.45, 2.75) is 42.6 Å². The lowest BCUT2D eigenvalue weighted by atomic mass is 10.2. The third-order valence-corrected chi connectivity index (χ3v) is 4.85. The summed E-state index contributed by atoms with van der Waals surface area (Å²) >= 11 is 2.94. The molecule has 0 bridgehead atoms. The van der Waals surface area contributed by atoms with Crippen molar-refractivity contribution in [1.29, 1.82) is 0 Å². The van der Waals surface area contributed by atoms with Crippen LogP contribution in [0, 0.1) is 6.92 Å².